The van der Waals surface area contributed by atoms with E-state index in [9.17, 15) is 0 Å². The van der Waals surface area contributed by atoms with Gasteiger partial charge in [-0.15, -0.1) is 0 Å². The standard InChI is InChI=1S/C18H15N5/c1-12-3-2-4-18(22-12)23-16-9-13(5-6-15(16)11-21-23)14-7-8-20-17(19)10-14/h2-11H,1H3,(H2,19,20). The van der Waals surface area contributed by atoms with Crippen LogP contribution in [0, 0.1) is 6.92 Å². The highest BCUT2D eigenvalue weighted by atomic mass is 15.3. The number of aryl methyl sites for hydroxylation is 1. The summed E-state index contributed by atoms with van der Waals surface area (Å²) in [7, 11) is 0. The van der Waals surface area contributed by atoms with Crippen LogP contribution < -0.4 is 5.73 Å². The number of nitrogen functional groups attached to an aromatic ring is 1. The predicted octanol–water partition coefficient (Wildman–Crippen LogP) is 3.37. The SMILES string of the molecule is Cc1cccc(-n2ncc3ccc(-c4ccnc(N)c4)cc32)n1. The molecule has 0 atom stereocenters. The number of hydrogen-bond acceptors (Lipinski definition) is 4. The number of aromatic nitrogens is 4. The molecule has 2 N–H and O–H groups in total. The Balaban J connectivity index is 1.90. The molecule has 5 nitrogen and oxygen atoms in total. The van der Waals surface area contributed by atoms with Crippen LogP contribution in [0.4, 0.5) is 5.82 Å². The highest BCUT2D eigenvalue weighted by molar-refractivity contribution is 5.85. The fraction of sp³-hybridized carbons (Fsp3) is 0.0556. The summed E-state index contributed by atoms with van der Waals surface area (Å²) in [4.78, 5) is 8.60. The lowest BCUT2D eigenvalue weighted by atomic mass is 10.1. The van der Waals surface area contributed by atoms with Gasteiger partial charge in [-0.2, -0.15) is 5.10 Å². The first-order valence-electron chi connectivity index (χ1n) is 7.34. The average molecular weight is 301 g/mol. The first-order chi connectivity index (χ1) is 11.2. The van der Waals surface area contributed by atoms with Crippen molar-refractivity contribution in [3.63, 3.8) is 0 Å². The van der Waals surface area contributed by atoms with Crippen LogP contribution in [0.25, 0.3) is 27.8 Å². The van der Waals surface area contributed by atoms with E-state index in [1.54, 1.807) is 6.20 Å². The average Bonchev–Trinajstić information content (AvgIpc) is 2.98. The number of hydrogen-bond donors (Lipinski definition) is 1. The van der Waals surface area contributed by atoms with Crippen LogP contribution in [-0.4, -0.2) is 19.7 Å². The Bertz CT molecular complexity index is 1000. The van der Waals surface area contributed by atoms with Crippen molar-refractivity contribution < 1.29 is 0 Å². The fourth-order valence-corrected chi connectivity index (χ4v) is 2.66. The van der Waals surface area contributed by atoms with E-state index in [0.29, 0.717) is 5.82 Å². The Hall–Kier alpha value is -3.21. The third-order valence-electron chi connectivity index (χ3n) is 3.78. The molecule has 0 fully saturated rings. The quantitative estimate of drug-likeness (QED) is 0.616. The minimum Gasteiger partial charge on any atom is -0.384 e. The summed E-state index contributed by atoms with van der Waals surface area (Å²) >= 11 is 0. The van der Waals surface area contributed by atoms with Crippen molar-refractivity contribution in [2.75, 3.05) is 5.73 Å². The zero-order chi connectivity index (χ0) is 15.8. The van der Waals surface area contributed by atoms with Gasteiger partial charge in [-0.05, 0) is 48.4 Å². The maximum atomic E-state index is 5.79. The normalized spacial score (nSPS) is 11.0. The van der Waals surface area contributed by atoms with Crippen molar-refractivity contribution in [3.8, 4) is 16.9 Å². The molecular weight excluding hydrogens is 286 g/mol. The first kappa shape index (κ1) is 13.5. The van der Waals surface area contributed by atoms with Crippen LogP contribution in [0.5, 0.6) is 0 Å². The summed E-state index contributed by atoms with van der Waals surface area (Å²) in [6, 6.07) is 15.9. The van der Waals surface area contributed by atoms with Gasteiger partial charge in [0.25, 0.3) is 0 Å². The largest absolute Gasteiger partial charge is 0.384 e. The molecule has 0 aliphatic carbocycles. The molecule has 0 unspecified atom stereocenters. The molecule has 112 valence electrons. The molecule has 3 aromatic heterocycles. The molecule has 4 aromatic rings. The van der Waals surface area contributed by atoms with Crippen LogP contribution in [0.1, 0.15) is 5.69 Å². The van der Waals surface area contributed by atoms with Gasteiger partial charge in [0.1, 0.15) is 5.82 Å². The van der Waals surface area contributed by atoms with Gasteiger partial charge in [-0.25, -0.2) is 14.6 Å². The lowest BCUT2D eigenvalue weighted by Gasteiger charge is -2.06. The molecule has 0 saturated heterocycles. The molecule has 0 radical (unpaired) electrons. The molecule has 0 aliphatic heterocycles. The Morgan fingerprint density at radius 2 is 1.87 bits per heavy atom. The number of anilines is 1. The van der Waals surface area contributed by atoms with Gasteiger partial charge in [0.05, 0.1) is 11.7 Å². The molecule has 1 aromatic carbocycles. The number of benzene rings is 1. The van der Waals surface area contributed by atoms with E-state index < -0.39 is 0 Å². The van der Waals surface area contributed by atoms with Gasteiger partial charge in [0, 0.05) is 17.3 Å². The highest BCUT2D eigenvalue weighted by Crippen LogP contribution is 2.26. The molecule has 0 saturated carbocycles. The Morgan fingerprint density at radius 3 is 2.70 bits per heavy atom. The Kier molecular flexibility index (Phi) is 3.05. The summed E-state index contributed by atoms with van der Waals surface area (Å²) < 4.78 is 1.86. The van der Waals surface area contributed by atoms with E-state index in [4.69, 9.17) is 5.73 Å². The number of nitrogens with two attached hydrogens (primary N) is 1. The van der Waals surface area contributed by atoms with Gasteiger partial charge in [-0.1, -0.05) is 18.2 Å². The van der Waals surface area contributed by atoms with Gasteiger partial charge >= 0.3 is 0 Å². The molecule has 23 heavy (non-hydrogen) atoms. The fourth-order valence-electron chi connectivity index (χ4n) is 2.66. The van der Waals surface area contributed by atoms with Crippen molar-refractivity contribution in [1.29, 1.82) is 0 Å². The van der Waals surface area contributed by atoms with E-state index in [2.05, 4.69) is 33.3 Å². The van der Waals surface area contributed by atoms with E-state index in [-0.39, 0.29) is 0 Å². The van der Waals surface area contributed by atoms with Gasteiger partial charge < -0.3 is 5.73 Å². The van der Waals surface area contributed by atoms with E-state index in [1.165, 1.54) is 0 Å². The summed E-state index contributed by atoms with van der Waals surface area (Å²) in [5.74, 6) is 1.32. The molecule has 0 aliphatic rings. The van der Waals surface area contributed by atoms with E-state index in [0.717, 1.165) is 33.5 Å². The summed E-state index contributed by atoms with van der Waals surface area (Å²) in [5.41, 5.74) is 9.86. The molecule has 4 rings (SSSR count). The number of fused-ring (bicyclic) bond motifs is 1. The van der Waals surface area contributed by atoms with Crippen molar-refractivity contribution in [3.05, 3.63) is 66.6 Å². The summed E-state index contributed by atoms with van der Waals surface area (Å²) in [5, 5.41) is 5.54. The van der Waals surface area contributed by atoms with Crippen molar-refractivity contribution >= 4 is 16.7 Å². The lowest BCUT2D eigenvalue weighted by Crippen LogP contribution is -2.00. The maximum absolute atomic E-state index is 5.79. The van der Waals surface area contributed by atoms with Crippen LogP contribution in [-0.2, 0) is 0 Å². The molecule has 3 heterocycles. The van der Waals surface area contributed by atoms with Crippen molar-refractivity contribution in [2.24, 2.45) is 0 Å². The van der Waals surface area contributed by atoms with E-state index >= 15 is 0 Å². The van der Waals surface area contributed by atoms with Crippen molar-refractivity contribution in [2.45, 2.75) is 6.92 Å². The second kappa shape index (κ2) is 5.21. The number of pyridine rings is 2. The highest BCUT2D eigenvalue weighted by Gasteiger charge is 2.08. The van der Waals surface area contributed by atoms with Crippen LogP contribution in [0.3, 0.4) is 0 Å². The third kappa shape index (κ3) is 2.42. The van der Waals surface area contributed by atoms with Gasteiger partial charge in [0.15, 0.2) is 5.82 Å². The topological polar surface area (TPSA) is 69.6 Å². The van der Waals surface area contributed by atoms with Crippen LogP contribution in [0.2, 0.25) is 0 Å². The molecular formula is C18H15N5. The van der Waals surface area contributed by atoms with Gasteiger partial charge in [-0.3, -0.25) is 0 Å². The summed E-state index contributed by atoms with van der Waals surface area (Å²) in [6.45, 7) is 1.97. The molecule has 0 bridgehead atoms. The molecule has 0 amide bonds. The van der Waals surface area contributed by atoms with Gasteiger partial charge in [0.2, 0.25) is 0 Å². The zero-order valence-corrected chi connectivity index (χ0v) is 12.6. The lowest BCUT2D eigenvalue weighted by molar-refractivity contribution is 0.867. The van der Waals surface area contributed by atoms with E-state index in [1.807, 2.05) is 48.1 Å². The smallest absolute Gasteiger partial charge is 0.154 e. The first-order valence-corrected chi connectivity index (χ1v) is 7.34. The zero-order valence-electron chi connectivity index (χ0n) is 12.6. The number of rotatable bonds is 2. The molecule has 5 heteroatoms. The van der Waals surface area contributed by atoms with Crippen LogP contribution in [0.15, 0.2) is 60.9 Å². The van der Waals surface area contributed by atoms with Crippen LogP contribution >= 0.6 is 0 Å². The second-order valence-electron chi connectivity index (χ2n) is 5.44. The molecule has 0 spiro atoms. The second-order valence-corrected chi connectivity index (χ2v) is 5.44. The Morgan fingerprint density at radius 1 is 1.00 bits per heavy atom. The predicted molar refractivity (Wildman–Crippen MR) is 91.2 cm³/mol. The third-order valence-corrected chi connectivity index (χ3v) is 3.78. The Labute approximate surface area is 133 Å². The monoisotopic (exact) mass is 301 g/mol. The maximum Gasteiger partial charge on any atom is 0.154 e. The minimum absolute atomic E-state index is 0.511. The van der Waals surface area contributed by atoms with Crippen molar-refractivity contribution in [1.82, 2.24) is 19.7 Å². The minimum atomic E-state index is 0.511. The number of nitrogens with zero attached hydrogens (tertiary/aromatic N) is 4. The summed E-state index contributed by atoms with van der Waals surface area (Å²) in [6.07, 6.45) is 3.57.